The summed E-state index contributed by atoms with van der Waals surface area (Å²) in [6.07, 6.45) is 2.32. The fourth-order valence-electron chi connectivity index (χ4n) is 10.7. The van der Waals surface area contributed by atoms with Gasteiger partial charge in [-0.05, 0) is 141 Å². The highest BCUT2D eigenvalue weighted by molar-refractivity contribution is 6.16. The molecule has 2 aromatic heterocycles. The Labute approximate surface area is 380 Å². The van der Waals surface area contributed by atoms with E-state index in [4.69, 9.17) is 4.42 Å². The van der Waals surface area contributed by atoms with Crippen LogP contribution < -0.4 is 4.90 Å². The Morgan fingerprint density at radius 1 is 0.415 bits per heavy atom. The van der Waals surface area contributed by atoms with Crippen molar-refractivity contribution in [3.63, 3.8) is 0 Å². The smallest absolute Gasteiger partial charge is 0.135 e. The number of fused-ring (bicyclic) bond motifs is 7. The largest absolute Gasteiger partial charge is 0.456 e. The van der Waals surface area contributed by atoms with E-state index in [0.29, 0.717) is 0 Å². The molecule has 1 aliphatic rings. The lowest BCUT2D eigenvalue weighted by Gasteiger charge is -2.41. The lowest BCUT2D eigenvalue weighted by Crippen LogP contribution is -2.33. The summed E-state index contributed by atoms with van der Waals surface area (Å²) in [5, 5.41) is 4.80. The Balaban J connectivity index is 1.06. The Kier molecular flexibility index (Phi) is 9.00. The first-order valence-electron chi connectivity index (χ1n) is 23.0. The number of hydrogen-bond donors (Lipinski definition) is 0. The average molecular weight is 839 g/mol. The van der Waals surface area contributed by atoms with E-state index in [9.17, 15) is 0 Å². The molecule has 3 heteroatoms. The van der Waals surface area contributed by atoms with E-state index in [0.717, 1.165) is 63.3 Å². The zero-order chi connectivity index (χ0) is 43.9. The van der Waals surface area contributed by atoms with Gasteiger partial charge in [-0.3, -0.25) is 0 Å². The molecule has 0 atom stereocenters. The predicted molar refractivity (Wildman–Crippen MR) is 274 cm³/mol. The number of nitrogens with zero attached hydrogens (tertiary/aromatic N) is 2. The molecule has 0 spiro atoms. The molecule has 0 bridgehead atoms. The van der Waals surface area contributed by atoms with Crippen molar-refractivity contribution in [1.82, 2.24) is 4.57 Å². The number of benzene rings is 9. The van der Waals surface area contributed by atoms with Gasteiger partial charge in [0.2, 0.25) is 0 Å². The lowest BCUT2D eigenvalue weighted by atomic mass is 9.63. The summed E-state index contributed by atoms with van der Waals surface area (Å²) in [6.45, 7) is 9.57. The zero-order valence-corrected chi connectivity index (χ0v) is 37.3. The van der Waals surface area contributed by atoms with Crippen molar-refractivity contribution in [2.75, 3.05) is 4.90 Å². The maximum Gasteiger partial charge on any atom is 0.135 e. The minimum absolute atomic E-state index is 0.0832. The first-order chi connectivity index (χ1) is 31.7. The summed E-state index contributed by atoms with van der Waals surface area (Å²) in [5.41, 5.74) is 18.8. The minimum Gasteiger partial charge on any atom is -0.456 e. The fraction of sp³-hybridized carbons (Fsp3) is 0.129. The Hall–Kier alpha value is -7.62. The molecule has 0 aliphatic heterocycles. The van der Waals surface area contributed by atoms with Crippen molar-refractivity contribution < 1.29 is 4.42 Å². The van der Waals surface area contributed by atoms with Crippen LogP contribution in [0.5, 0.6) is 0 Å². The highest BCUT2D eigenvalue weighted by Crippen LogP contribution is 2.50. The van der Waals surface area contributed by atoms with Crippen molar-refractivity contribution in [1.29, 1.82) is 0 Å². The van der Waals surface area contributed by atoms with E-state index >= 15 is 0 Å². The monoisotopic (exact) mass is 838 g/mol. The van der Waals surface area contributed by atoms with Crippen LogP contribution >= 0.6 is 0 Å². The van der Waals surface area contributed by atoms with Gasteiger partial charge in [0.25, 0.3) is 0 Å². The molecular formula is C62H50N2O. The Morgan fingerprint density at radius 3 is 1.74 bits per heavy atom. The maximum absolute atomic E-state index is 6.72. The number of rotatable bonds is 7. The van der Waals surface area contributed by atoms with Crippen LogP contribution in [-0.4, -0.2) is 4.57 Å². The van der Waals surface area contributed by atoms with Crippen LogP contribution in [0.1, 0.15) is 51.7 Å². The molecule has 0 saturated carbocycles. The second-order valence-electron chi connectivity index (χ2n) is 19.2. The molecule has 0 fully saturated rings. The molecule has 2 heterocycles. The van der Waals surface area contributed by atoms with E-state index in [1.807, 2.05) is 0 Å². The standard InChI is InChI=1S/C62H50N2O/c1-61(2)35-36-62(3,4)54-40-59-52(39-53(54)61)51-38-47(32-34-58(51)65-59)63(56-33-29-44(41-17-8-5-9-18-41)37-50(56)42-19-10-6-11-20-42)46-30-27-43(28-31-46)48-24-16-26-57-60(48)49-23-14-15-25-55(49)64(57)45-21-12-7-13-22-45/h5-34,37-40H,35-36H2,1-4H3. The SMILES string of the molecule is CC1(C)CCC(C)(C)c2cc3c(cc21)oc1ccc(N(c2ccc(-c4cccc5c4c4ccccc4n5-c4ccccc4)cc2)c2ccc(-c4ccccc4)cc2-c2ccccc2)cc13. The highest BCUT2D eigenvalue weighted by Gasteiger charge is 2.38. The molecule has 9 aromatic carbocycles. The molecule has 65 heavy (non-hydrogen) atoms. The highest BCUT2D eigenvalue weighted by atomic mass is 16.3. The van der Waals surface area contributed by atoms with Crippen molar-refractivity contribution in [3.8, 4) is 39.1 Å². The summed E-state index contributed by atoms with van der Waals surface area (Å²) in [4.78, 5) is 2.44. The van der Waals surface area contributed by atoms with E-state index in [-0.39, 0.29) is 10.8 Å². The first kappa shape index (κ1) is 39.0. The molecule has 0 unspecified atom stereocenters. The lowest BCUT2D eigenvalue weighted by molar-refractivity contribution is 0.332. The van der Waals surface area contributed by atoms with Gasteiger partial charge < -0.3 is 13.9 Å². The molecule has 1 aliphatic carbocycles. The normalized spacial score (nSPS) is 14.3. The van der Waals surface area contributed by atoms with Gasteiger partial charge in [-0.15, -0.1) is 0 Å². The van der Waals surface area contributed by atoms with Gasteiger partial charge in [0, 0.05) is 44.2 Å². The van der Waals surface area contributed by atoms with Crippen LogP contribution in [0.25, 0.3) is 82.8 Å². The summed E-state index contributed by atoms with van der Waals surface area (Å²) in [5.74, 6) is 0. The summed E-state index contributed by atoms with van der Waals surface area (Å²) in [6, 6.07) is 75.3. The van der Waals surface area contributed by atoms with Crippen LogP contribution in [-0.2, 0) is 10.8 Å². The van der Waals surface area contributed by atoms with Gasteiger partial charge in [0.05, 0.1) is 16.7 Å². The van der Waals surface area contributed by atoms with Crippen LogP contribution in [0.15, 0.2) is 211 Å². The van der Waals surface area contributed by atoms with E-state index in [1.165, 1.54) is 60.6 Å². The minimum atomic E-state index is 0.0832. The summed E-state index contributed by atoms with van der Waals surface area (Å²) < 4.78 is 9.11. The van der Waals surface area contributed by atoms with Crippen molar-refractivity contribution >= 4 is 60.8 Å². The topological polar surface area (TPSA) is 21.3 Å². The van der Waals surface area contributed by atoms with E-state index in [2.05, 4.69) is 243 Å². The third kappa shape index (κ3) is 6.48. The van der Waals surface area contributed by atoms with Gasteiger partial charge >= 0.3 is 0 Å². The first-order valence-corrected chi connectivity index (χ1v) is 23.0. The third-order valence-corrected chi connectivity index (χ3v) is 14.3. The van der Waals surface area contributed by atoms with Gasteiger partial charge in [0.1, 0.15) is 11.2 Å². The molecule has 0 saturated heterocycles. The molecule has 12 rings (SSSR count). The fourth-order valence-corrected chi connectivity index (χ4v) is 10.7. The quantitative estimate of drug-likeness (QED) is 0.159. The molecule has 0 amide bonds. The third-order valence-electron chi connectivity index (χ3n) is 14.3. The number of aromatic nitrogens is 1. The van der Waals surface area contributed by atoms with Crippen molar-refractivity contribution in [3.05, 3.63) is 217 Å². The van der Waals surface area contributed by atoms with Crippen LogP contribution in [0.2, 0.25) is 0 Å². The maximum atomic E-state index is 6.72. The number of hydrogen-bond acceptors (Lipinski definition) is 2. The van der Waals surface area contributed by atoms with Crippen LogP contribution in [0.4, 0.5) is 17.1 Å². The zero-order valence-electron chi connectivity index (χ0n) is 37.3. The van der Waals surface area contributed by atoms with Crippen molar-refractivity contribution in [2.45, 2.75) is 51.4 Å². The molecule has 314 valence electrons. The Bertz CT molecular complexity index is 3580. The van der Waals surface area contributed by atoms with Gasteiger partial charge in [-0.25, -0.2) is 0 Å². The molecular weight excluding hydrogens is 789 g/mol. The number of anilines is 3. The predicted octanol–water partition coefficient (Wildman–Crippen LogP) is 17.5. The number of para-hydroxylation sites is 2. The Morgan fingerprint density at radius 2 is 1.00 bits per heavy atom. The van der Waals surface area contributed by atoms with Gasteiger partial charge in [0.15, 0.2) is 0 Å². The number of furan rings is 1. The molecule has 3 nitrogen and oxygen atoms in total. The van der Waals surface area contributed by atoms with Crippen LogP contribution in [0.3, 0.4) is 0 Å². The second-order valence-corrected chi connectivity index (χ2v) is 19.2. The molecule has 0 radical (unpaired) electrons. The van der Waals surface area contributed by atoms with Crippen molar-refractivity contribution in [2.24, 2.45) is 0 Å². The summed E-state index contributed by atoms with van der Waals surface area (Å²) in [7, 11) is 0. The summed E-state index contributed by atoms with van der Waals surface area (Å²) >= 11 is 0. The average Bonchev–Trinajstić information content (AvgIpc) is 3.89. The van der Waals surface area contributed by atoms with E-state index in [1.54, 1.807) is 0 Å². The van der Waals surface area contributed by atoms with Crippen LogP contribution in [0, 0.1) is 0 Å². The van der Waals surface area contributed by atoms with Gasteiger partial charge in [-0.1, -0.05) is 155 Å². The van der Waals surface area contributed by atoms with E-state index < -0.39 is 0 Å². The molecule has 0 N–H and O–H groups in total. The van der Waals surface area contributed by atoms with Gasteiger partial charge in [-0.2, -0.15) is 0 Å². The molecule has 11 aromatic rings. The second kappa shape index (κ2) is 15.0.